The van der Waals surface area contributed by atoms with E-state index >= 15 is 0 Å². The molecule has 0 saturated heterocycles. The number of allylic oxidation sites excluding steroid dienone is 5. The molecule has 29 heavy (non-hydrogen) atoms. The van der Waals surface area contributed by atoms with Gasteiger partial charge in [-0.2, -0.15) is 0 Å². The first-order valence-corrected chi connectivity index (χ1v) is 9.68. The summed E-state index contributed by atoms with van der Waals surface area (Å²) in [5, 5.41) is 0. The molecule has 0 heterocycles. The van der Waals surface area contributed by atoms with E-state index in [1.165, 1.54) is 0 Å². The molecule has 4 nitrogen and oxygen atoms in total. The van der Waals surface area contributed by atoms with Gasteiger partial charge in [0.15, 0.2) is 0 Å². The lowest BCUT2D eigenvalue weighted by atomic mass is 10.1. The van der Waals surface area contributed by atoms with Crippen LogP contribution in [0, 0.1) is 0 Å². The van der Waals surface area contributed by atoms with E-state index in [1.54, 1.807) is 14.2 Å². The Morgan fingerprint density at radius 2 is 1.38 bits per heavy atom. The van der Waals surface area contributed by atoms with Crippen molar-refractivity contribution < 1.29 is 18.6 Å². The first-order chi connectivity index (χ1) is 14.2. The van der Waals surface area contributed by atoms with Crippen LogP contribution in [0.15, 0.2) is 78.9 Å². The van der Waals surface area contributed by atoms with E-state index < -0.39 is 0 Å². The molecule has 0 bridgehead atoms. The average Bonchev–Trinajstić information content (AvgIpc) is 2.77. The van der Waals surface area contributed by atoms with Crippen LogP contribution in [0.1, 0.15) is 29.4 Å². The lowest BCUT2D eigenvalue weighted by molar-refractivity contribution is -0.261. The molecule has 152 valence electrons. The molecule has 2 aromatic rings. The van der Waals surface area contributed by atoms with Crippen molar-refractivity contribution in [1.29, 1.82) is 0 Å². The van der Waals surface area contributed by atoms with Gasteiger partial charge in [0.2, 0.25) is 0 Å². The van der Waals surface area contributed by atoms with E-state index in [1.807, 2.05) is 92.8 Å². The second kappa shape index (κ2) is 12.2. The van der Waals surface area contributed by atoms with Crippen molar-refractivity contribution in [3.8, 4) is 11.5 Å². The summed E-state index contributed by atoms with van der Waals surface area (Å²) in [6.45, 7) is 5.14. The van der Waals surface area contributed by atoms with E-state index in [4.69, 9.17) is 18.6 Å². The number of rotatable bonds is 10. The van der Waals surface area contributed by atoms with E-state index in [9.17, 15) is 0 Å². The Morgan fingerprint density at radius 3 is 1.90 bits per heavy atom. The van der Waals surface area contributed by atoms with Crippen LogP contribution in [0.5, 0.6) is 11.5 Å². The smallest absolute Gasteiger partial charge is 0.350 e. The van der Waals surface area contributed by atoms with Crippen molar-refractivity contribution in [1.82, 2.24) is 0 Å². The monoisotopic (exact) mass is 393 g/mol. The van der Waals surface area contributed by atoms with Crippen molar-refractivity contribution in [2.75, 3.05) is 27.4 Å². The normalized spacial score (nSPS) is 12.6. The van der Waals surface area contributed by atoms with Crippen LogP contribution in [0.25, 0.3) is 5.76 Å². The van der Waals surface area contributed by atoms with E-state index in [0.29, 0.717) is 13.2 Å². The van der Waals surface area contributed by atoms with E-state index in [0.717, 1.165) is 34.2 Å². The van der Waals surface area contributed by atoms with E-state index in [2.05, 4.69) is 0 Å². The number of carbonyl (C=O) groups excluding carboxylic acids is 1. The molecule has 0 aliphatic carbocycles. The molecule has 0 aromatic heterocycles. The Balaban J connectivity index is 2.11. The van der Waals surface area contributed by atoms with Crippen molar-refractivity contribution in [3.05, 3.63) is 90.0 Å². The largest absolute Gasteiger partial charge is 0.497 e. The summed E-state index contributed by atoms with van der Waals surface area (Å²) < 4.78 is 21.9. The summed E-state index contributed by atoms with van der Waals surface area (Å²) in [7, 11) is 3.31. The van der Waals surface area contributed by atoms with Crippen LogP contribution >= 0.6 is 0 Å². The molecule has 4 heteroatoms. The summed E-state index contributed by atoms with van der Waals surface area (Å²) in [6, 6.07) is 15.6. The van der Waals surface area contributed by atoms with Crippen LogP contribution < -0.4 is 9.47 Å². The summed E-state index contributed by atoms with van der Waals surface area (Å²) in [6.07, 6.45) is 9.74. The second-order valence-electron chi connectivity index (χ2n) is 5.96. The summed E-state index contributed by atoms with van der Waals surface area (Å²) in [5.74, 6) is 3.26. The Hall–Kier alpha value is -3.27. The third kappa shape index (κ3) is 7.00. The molecule has 2 aromatic carbocycles. The highest BCUT2D eigenvalue weighted by Crippen LogP contribution is 2.20. The number of hydrogen-bond donors (Lipinski definition) is 0. The predicted molar refractivity (Wildman–Crippen MR) is 119 cm³/mol. The molecule has 0 atom stereocenters. The zero-order valence-electron chi connectivity index (χ0n) is 17.6. The second-order valence-corrected chi connectivity index (χ2v) is 5.96. The van der Waals surface area contributed by atoms with Gasteiger partial charge >= 0.3 is 5.78 Å². The minimum Gasteiger partial charge on any atom is -0.497 e. The van der Waals surface area contributed by atoms with Gasteiger partial charge in [0.25, 0.3) is 6.61 Å². The third-order valence-corrected chi connectivity index (χ3v) is 4.07. The zero-order chi connectivity index (χ0) is 20.9. The van der Waals surface area contributed by atoms with Crippen LogP contribution in [0.4, 0.5) is 0 Å². The molecule has 0 saturated carbocycles. The van der Waals surface area contributed by atoms with Gasteiger partial charge in [0.05, 0.1) is 26.4 Å². The Labute approximate surface area is 173 Å². The molecule has 0 aliphatic heterocycles. The topological polar surface area (TPSA) is 39.0 Å². The number of benzene rings is 2. The lowest BCUT2D eigenvalue weighted by Gasteiger charge is -2.08. The van der Waals surface area contributed by atoms with Gasteiger partial charge in [-0.05, 0) is 61.5 Å². The molecule has 2 rings (SSSR count). The summed E-state index contributed by atoms with van der Waals surface area (Å²) in [5.41, 5.74) is 2.00. The van der Waals surface area contributed by atoms with Gasteiger partial charge in [0, 0.05) is 18.6 Å². The van der Waals surface area contributed by atoms with Crippen LogP contribution in [0.3, 0.4) is 0 Å². The number of ether oxygens (including phenoxy) is 3. The average molecular weight is 394 g/mol. The van der Waals surface area contributed by atoms with Crippen LogP contribution in [-0.2, 0) is 4.74 Å². The van der Waals surface area contributed by atoms with Gasteiger partial charge in [-0.3, -0.25) is 4.42 Å². The molecular formula is C25H29O4+. The molecule has 0 aliphatic rings. The fourth-order valence-electron chi connectivity index (χ4n) is 2.63. The SMILES string of the molecule is CCO/C(=C/C=C/C=C/C(=[O+]CC)c1ccc(OC)cc1)c1ccc(OC)cc1. The Kier molecular flexibility index (Phi) is 9.30. The third-order valence-electron chi connectivity index (χ3n) is 4.07. The maximum Gasteiger partial charge on any atom is 0.350 e. The number of ketones is 1. The van der Waals surface area contributed by atoms with Gasteiger partial charge in [-0.1, -0.05) is 18.2 Å². The van der Waals surface area contributed by atoms with E-state index in [-0.39, 0.29) is 0 Å². The van der Waals surface area contributed by atoms with Gasteiger partial charge in [0.1, 0.15) is 17.3 Å². The summed E-state index contributed by atoms with van der Waals surface area (Å²) >= 11 is 0. The predicted octanol–water partition coefficient (Wildman–Crippen LogP) is 5.63. The minimum atomic E-state index is 0.598. The van der Waals surface area contributed by atoms with Crippen molar-refractivity contribution in [3.63, 3.8) is 0 Å². The van der Waals surface area contributed by atoms with Crippen LogP contribution in [0.2, 0.25) is 0 Å². The molecule has 0 spiro atoms. The number of hydrogen-bond acceptors (Lipinski definition) is 3. The first kappa shape index (κ1) is 22.0. The highest BCUT2D eigenvalue weighted by molar-refractivity contribution is 6.05. The highest BCUT2D eigenvalue weighted by Gasteiger charge is 2.10. The first-order valence-electron chi connectivity index (χ1n) is 9.68. The van der Waals surface area contributed by atoms with Crippen molar-refractivity contribution in [2.24, 2.45) is 0 Å². The minimum absolute atomic E-state index is 0.598. The highest BCUT2D eigenvalue weighted by atomic mass is 16.5. The quantitative estimate of drug-likeness (QED) is 0.173. The van der Waals surface area contributed by atoms with Crippen molar-refractivity contribution in [2.45, 2.75) is 13.8 Å². The maximum atomic E-state index is 5.76. The molecule has 0 radical (unpaired) electrons. The van der Waals surface area contributed by atoms with Gasteiger partial charge in [-0.25, -0.2) is 0 Å². The van der Waals surface area contributed by atoms with Gasteiger partial charge in [-0.15, -0.1) is 0 Å². The zero-order valence-corrected chi connectivity index (χ0v) is 17.6. The lowest BCUT2D eigenvalue weighted by Crippen LogP contribution is -1.98. The molecule has 0 amide bonds. The molecule has 0 N–H and O–H groups in total. The molecular weight excluding hydrogens is 364 g/mol. The fourth-order valence-corrected chi connectivity index (χ4v) is 2.63. The summed E-state index contributed by atoms with van der Waals surface area (Å²) in [4.78, 5) is 0. The van der Waals surface area contributed by atoms with Gasteiger partial charge < -0.3 is 14.2 Å². The van der Waals surface area contributed by atoms with Crippen molar-refractivity contribution >= 4 is 11.5 Å². The number of methoxy groups -OCH3 is 2. The molecule has 0 unspecified atom stereocenters. The Bertz CT molecular complexity index is 857. The van der Waals surface area contributed by atoms with Crippen LogP contribution in [-0.4, -0.2) is 33.2 Å². The Morgan fingerprint density at radius 1 is 0.793 bits per heavy atom. The molecule has 0 fully saturated rings. The standard InChI is InChI=1S/C25H29O4/c1-5-28-24(20-12-16-22(26-3)17-13-20)10-8-7-9-11-25(29-6-2)21-14-18-23(27-4)19-15-21/h7-19H,5-6H2,1-4H3/q+1/b8-7+,11-9+,24-10+. The fraction of sp³-hybridized carbons (Fsp3) is 0.240. The maximum absolute atomic E-state index is 5.76.